The van der Waals surface area contributed by atoms with E-state index in [1.54, 1.807) is 0 Å². The van der Waals surface area contributed by atoms with Gasteiger partial charge in [-0.1, -0.05) is 18.2 Å². The molecule has 14 heavy (non-hydrogen) atoms. The molecule has 1 aromatic rings. The molecule has 0 fully saturated rings. The SMILES string of the molecule is OC(O)Cc1cccc(C(F)(F)F)c1. The van der Waals surface area contributed by atoms with Crippen molar-refractivity contribution < 1.29 is 23.4 Å². The first-order valence-corrected chi connectivity index (χ1v) is 3.92. The lowest BCUT2D eigenvalue weighted by Gasteiger charge is -2.09. The zero-order valence-electron chi connectivity index (χ0n) is 7.12. The number of benzene rings is 1. The Bertz CT molecular complexity index is 307. The van der Waals surface area contributed by atoms with Crippen LogP contribution in [0.1, 0.15) is 11.1 Å². The van der Waals surface area contributed by atoms with E-state index in [-0.39, 0.29) is 12.0 Å². The van der Waals surface area contributed by atoms with Gasteiger partial charge in [-0.25, -0.2) is 0 Å². The molecule has 0 aromatic heterocycles. The summed E-state index contributed by atoms with van der Waals surface area (Å²) in [6, 6.07) is 4.49. The van der Waals surface area contributed by atoms with Crippen molar-refractivity contribution in [1.29, 1.82) is 0 Å². The van der Waals surface area contributed by atoms with Crippen LogP contribution in [0.4, 0.5) is 13.2 Å². The molecule has 0 aliphatic rings. The molecule has 0 saturated heterocycles. The van der Waals surface area contributed by atoms with Crippen LogP contribution in [0.15, 0.2) is 24.3 Å². The van der Waals surface area contributed by atoms with Gasteiger partial charge in [0.1, 0.15) is 0 Å². The number of alkyl halides is 3. The average Bonchev–Trinajstić information content (AvgIpc) is 2.01. The van der Waals surface area contributed by atoms with E-state index in [2.05, 4.69) is 0 Å². The van der Waals surface area contributed by atoms with Gasteiger partial charge in [-0.15, -0.1) is 0 Å². The summed E-state index contributed by atoms with van der Waals surface area (Å²) in [5.74, 6) is 0. The van der Waals surface area contributed by atoms with E-state index in [9.17, 15) is 13.2 Å². The van der Waals surface area contributed by atoms with Crippen LogP contribution in [0.5, 0.6) is 0 Å². The molecule has 0 radical (unpaired) electrons. The second-order valence-electron chi connectivity index (χ2n) is 2.88. The maximum atomic E-state index is 12.2. The Morgan fingerprint density at radius 3 is 2.36 bits per heavy atom. The average molecular weight is 206 g/mol. The summed E-state index contributed by atoms with van der Waals surface area (Å²) in [5, 5.41) is 17.1. The van der Waals surface area contributed by atoms with Crippen molar-refractivity contribution in [2.45, 2.75) is 18.9 Å². The first-order valence-electron chi connectivity index (χ1n) is 3.92. The molecule has 0 bridgehead atoms. The van der Waals surface area contributed by atoms with E-state index in [0.717, 1.165) is 12.1 Å². The van der Waals surface area contributed by atoms with Crippen molar-refractivity contribution >= 4 is 0 Å². The topological polar surface area (TPSA) is 40.5 Å². The molecule has 1 aromatic carbocycles. The smallest absolute Gasteiger partial charge is 0.368 e. The molecule has 0 unspecified atom stereocenters. The first kappa shape index (κ1) is 11.0. The summed E-state index contributed by atoms with van der Waals surface area (Å²) in [5.41, 5.74) is -0.537. The van der Waals surface area contributed by atoms with Crippen molar-refractivity contribution in [3.8, 4) is 0 Å². The molecule has 2 N–H and O–H groups in total. The highest BCUT2D eigenvalue weighted by Gasteiger charge is 2.30. The summed E-state index contributed by atoms with van der Waals surface area (Å²) in [4.78, 5) is 0. The van der Waals surface area contributed by atoms with Gasteiger partial charge >= 0.3 is 6.18 Å². The van der Waals surface area contributed by atoms with Crippen molar-refractivity contribution in [3.63, 3.8) is 0 Å². The van der Waals surface area contributed by atoms with Crippen molar-refractivity contribution in [2.24, 2.45) is 0 Å². The van der Waals surface area contributed by atoms with Gasteiger partial charge < -0.3 is 10.2 Å². The molecule has 0 amide bonds. The lowest BCUT2D eigenvalue weighted by molar-refractivity contribution is -0.137. The third kappa shape index (κ3) is 3.01. The van der Waals surface area contributed by atoms with Gasteiger partial charge in [-0.05, 0) is 11.6 Å². The van der Waals surface area contributed by atoms with Gasteiger partial charge in [0, 0.05) is 6.42 Å². The van der Waals surface area contributed by atoms with Crippen molar-refractivity contribution in [3.05, 3.63) is 35.4 Å². The minimum Gasteiger partial charge on any atom is -0.368 e. The molecular formula is C9H9F3O2. The van der Waals surface area contributed by atoms with Gasteiger partial charge in [-0.3, -0.25) is 0 Å². The van der Waals surface area contributed by atoms with E-state index in [1.807, 2.05) is 0 Å². The molecule has 0 aliphatic carbocycles. The minimum atomic E-state index is -4.39. The van der Waals surface area contributed by atoms with Crippen LogP contribution in [-0.2, 0) is 12.6 Å². The fourth-order valence-corrected chi connectivity index (χ4v) is 1.09. The summed E-state index contributed by atoms with van der Waals surface area (Å²) < 4.78 is 36.5. The Balaban J connectivity index is 2.90. The molecule has 5 heteroatoms. The Hall–Kier alpha value is -1.07. The number of halogens is 3. The van der Waals surface area contributed by atoms with Gasteiger partial charge in [0.25, 0.3) is 0 Å². The summed E-state index contributed by atoms with van der Waals surface area (Å²) in [6.45, 7) is 0. The third-order valence-corrected chi connectivity index (χ3v) is 1.67. The van der Waals surface area contributed by atoms with Crippen molar-refractivity contribution in [2.75, 3.05) is 0 Å². The quantitative estimate of drug-likeness (QED) is 0.721. The van der Waals surface area contributed by atoms with E-state index < -0.39 is 18.0 Å². The van der Waals surface area contributed by atoms with E-state index in [1.165, 1.54) is 12.1 Å². The zero-order valence-corrected chi connectivity index (χ0v) is 7.12. The summed E-state index contributed by atoms with van der Waals surface area (Å²) in [7, 11) is 0. The standard InChI is InChI=1S/C9H9F3O2/c10-9(11,12)7-3-1-2-6(4-7)5-8(13)14/h1-4,8,13-14H,5H2. The monoisotopic (exact) mass is 206 g/mol. The predicted molar refractivity (Wildman–Crippen MR) is 43.4 cm³/mol. The fourth-order valence-electron chi connectivity index (χ4n) is 1.09. The summed E-state index contributed by atoms with van der Waals surface area (Å²) >= 11 is 0. The maximum Gasteiger partial charge on any atom is 0.416 e. The molecule has 1 rings (SSSR count). The normalized spacial score (nSPS) is 12.1. The molecule has 0 spiro atoms. The molecule has 78 valence electrons. The molecule has 0 saturated carbocycles. The molecule has 0 atom stereocenters. The number of hydrogen-bond acceptors (Lipinski definition) is 2. The van der Waals surface area contributed by atoms with Crippen LogP contribution in [0, 0.1) is 0 Å². The van der Waals surface area contributed by atoms with Gasteiger partial charge in [-0.2, -0.15) is 13.2 Å². The molecular weight excluding hydrogens is 197 g/mol. The van der Waals surface area contributed by atoms with Crippen LogP contribution in [0.2, 0.25) is 0 Å². The number of hydrogen-bond donors (Lipinski definition) is 2. The van der Waals surface area contributed by atoms with Crippen LogP contribution < -0.4 is 0 Å². The number of rotatable bonds is 2. The Labute approximate surface area is 78.6 Å². The van der Waals surface area contributed by atoms with Gasteiger partial charge in [0.05, 0.1) is 5.56 Å². The molecule has 2 nitrogen and oxygen atoms in total. The van der Waals surface area contributed by atoms with Crippen molar-refractivity contribution in [1.82, 2.24) is 0 Å². The number of aliphatic hydroxyl groups excluding tert-OH is 1. The lowest BCUT2D eigenvalue weighted by Crippen LogP contribution is -2.10. The van der Waals surface area contributed by atoms with Crippen LogP contribution in [0.3, 0.4) is 0 Å². The maximum absolute atomic E-state index is 12.2. The molecule has 0 aliphatic heterocycles. The highest BCUT2D eigenvalue weighted by atomic mass is 19.4. The second kappa shape index (κ2) is 3.98. The Morgan fingerprint density at radius 2 is 1.86 bits per heavy atom. The van der Waals surface area contributed by atoms with Crippen LogP contribution >= 0.6 is 0 Å². The van der Waals surface area contributed by atoms with Gasteiger partial charge in [0.2, 0.25) is 0 Å². The summed E-state index contributed by atoms with van der Waals surface area (Å²) in [6.07, 6.45) is -6.22. The van der Waals surface area contributed by atoms with Crippen LogP contribution in [-0.4, -0.2) is 16.5 Å². The second-order valence-corrected chi connectivity index (χ2v) is 2.88. The zero-order chi connectivity index (χ0) is 10.8. The van der Waals surface area contributed by atoms with E-state index in [0.29, 0.717) is 0 Å². The van der Waals surface area contributed by atoms with Crippen LogP contribution in [0.25, 0.3) is 0 Å². The van der Waals surface area contributed by atoms with Gasteiger partial charge in [0.15, 0.2) is 6.29 Å². The highest BCUT2D eigenvalue weighted by Crippen LogP contribution is 2.29. The lowest BCUT2D eigenvalue weighted by atomic mass is 10.1. The fraction of sp³-hybridized carbons (Fsp3) is 0.333. The highest BCUT2D eigenvalue weighted by molar-refractivity contribution is 5.25. The Morgan fingerprint density at radius 1 is 1.21 bits per heavy atom. The van der Waals surface area contributed by atoms with E-state index >= 15 is 0 Å². The molecule has 0 heterocycles. The first-order chi connectivity index (χ1) is 6.39. The van der Waals surface area contributed by atoms with E-state index in [4.69, 9.17) is 10.2 Å². The minimum absolute atomic E-state index is 0.204. The largest absolute Gasteiger partial charge is 0.416 e. The predicted octanol–water partition coefficient (Wildman–Crippen LogP) is 1.56. The third-order valence-electron chi connectivity index (χ3n) is 1.67. The number of aliphatic hydroxyl groups is 2. The Kier molecular flexibility index (Phi) is 3.13.